The smallest absolute Gasteiger partial charge is 0.506 e. The summed E-state index contributed by atoms with van der Waals surface area (Å²) in [5, 5.41) is 9.72. The number of phenolic OH excluding ortho intramolecular Hbond substituents is 1. The monoisotopic (exact) mass is 352 g/mol. The van der Waals surface area contributed by atoms with Crippen LogP contribution in [0.2, 0.25) is 0 Å². The van der Waals surface area contributed by atoms with Gasteiger partial charge < -0.3 is 20.3 Å². The van der Waals surface area contributed by atoms with Crippen molar-refractivity contribution in [3.63, 3.8) is 0 Å². The molecule has 8 nitrogen and oxygen atoms in total. The van der Waals surface area contributed by atoms with E-state index in [4.69, 9.17) is 10.5 Å². The Morgan fingerprint density at radius 3 is 2.46 bits per heavy atom. The predicted molar refractivity (Wildman–Crippen MR) is 87.4 cm³/mol. The van der Waals surface area contributed by atoms with Gasteiger partial charge in [-0.3, -0.25) is 4.72 Å². The second-order valence-corrected chi connectivity index (χ2v) is 6.32. The van der Waals surface area contributed by atoms with Crippen molar-refractivity contribution >= 4 is 27.6 Å². The summed E-state index contributed by atoms with van der Waals surface area (Å²) >= 11 is 0. The first kappa shape index (κ1) is 17.4. The molecule has 0 aromatic heterocycles. The molecule has 0 fully saturated rings. The number of hydrogen-bond acceptors (Lipinski definition) is 7. The first-order valence-corrected chi connectivity index (χ1v) is 8.36. The number of phenols is 1. The van der Waals surface area contributed by atoms with Crippen LogP contribution in [0.25, 0.3) is 0 Å². The number of carbonyl (C=O) groups is 1. The van der Waals surface area contributed by atoms with E-state index in [1.807, 2.05) is 0 Å². The molecule has 0 unspecified atom stereocenters. The lowest BCUT2D eigenvalue weighted by molar-refractivity contribution is 0.104. The average molecular weight is 352 g/mol. The Balaban J connectivity index is 2.16. The van der Waals surface area contributed by atoms with E-state index in [1.165, 1.54) is 42.5 Å². The van der Waals surface area contributed by atoms with Crippen LogP contribution < -0.4 is 15.2 Å². The fourth-order valence-corrected chi connectivity index (χ4v) is 2.84. The van der Waals surface area contributed by atoms with E-state index in [2.05, 4.69) is 9.46 Å². The SMILES string of the molecule is CCOC(=O)Oc1ccc(S(=O)(=O)Nc2ccc(N)cc2O)cc1. The zero-order valence-electron chi connectivity index (χ0n) is 12.7. The van der Waals surface area contributed by atoms with Crippen LogP contribution >= 0.6 is 0 Å². The van der Waals surface area contributed by atoms with Gasteiger partial charge in [0, 0.05) is 11.8 Å². The lowest BCUT2D eigenvalue weighted by Crippen LogP contribution is -2.13. The van der Waals surface area contributed by atoms with Gasteiger partial charge in [0.25, 0.3) is 10.0 Å². The molecule has 9 heteroatoms. The highest BCUT2D eigenvalue weighted by Gasteiger charge is 2.16. The molecule has 128 valence electrons. The minimum atomic E-state index is -3.93. The zero-order valence-corrected chi connectivity index (χ0v) is 13.5. The summed E-state index contributed by atoms with van der Waals surface area (Å²) in [6.45, 7) is 1.80. The Morgan fingerprint density at radius 2 is 1.88 bits per heavy atom. The fourth-order valence-electron chi connectivity index (χ4n) is 1.77. The van der Waals surface area contributed by atoms with Gasteiger partial charge in [0.2, 0.25) is 0 Å². The third-order valence-corrected chi connectivity index (χ3v) is 4.24. The number of aromatic hydroxyl groups is 1. The van der Waals surface area contributed by atoms with E-state index < -0.39 is 16.2 Å². The van der Waals surface area contributed by atoms with Crippen LogP contribution in [0, 0.1) is 0 Å². The Bertz CT molecular complexity index is 834. The highest BCUT2D eigenvalue weighted by atomic mass is 32.2. The standard InChI is InChI=1S/C15H16N2O6S/c1-2-22-15(19)23-11-4-6-12(7-5-11)24(20,21)17-13-8-3-10(16)9-14(13)18/h3-9,17-18H,2,16H2,1H3. The van der Waals surface area contributed by atoms with E-state index >= 15 is 0 Å². The molecule has 0 heterocycles. The summed E-state index contributed by atoms with van der Waals surface area (Å²) in [5.74, 6) is -0.149. The lowest BCUT2D eigenvalue weighted by atomic mass is 10.3. The van der Waals surface area contributed by atoms with Gasteiger partial charge in [-0.2, -0.15) is 0 Å². The molecule has 2 rings (SSSR count). The highest BCUT2D eigenvalue weighted by molar-refractivity contribution is 7.92. The van der Waals surface area contributed by atoms with Crippen molar-refractivity contribution in [2.75, 3.05) is 17.1 Å². The number of ether oxygens (including phenoxy) is 2. The van der Waals surface area contributed by atoms with Gasteiger partial charge in [-0.25, -0.2) is 13.2 Å². The van der Waals surface area contributed by atoms with E-state index in [1.54, 1.807) is 6.92 Å². The van der Waals surface area contributed by atoms with Crippen LogP contribution in [-0.2, 0) is 14.8 Å². The molecule has 2 aromatic carbocycles. The van der Waals surface area contributed by atoms with Crippen molar-refractivity contribution in [3.05, 3.63) is 42.5 Å². The molecule has 2 aromatic rings. The number of nitrogens with one attached hydrogen (secondary N) is 1. The summed E-state index contributed by atoms with van der Waals surface area (Å²) in [7, 11) is -3.93. The third-order valence-electron chi connectivity index (χ3n) is 2.86. The number of nitrogens with two attached hydrogens (primary N) is 1. The van der Waals surface area contributed by atoms with Crippen LogP contribution in [-0.4, -0.2) is 26.3 Å². The van der Waals surface area contributed by atoms with Gasteiger partial charge in [0.1, 0.15) is 11.5 Å². The summed E-state index contributed by atoms with van der Waals surface area (Å²) in [4.78, 5) is 11.1. The number of sulfonamides is 1. The normalized spacial score (nSPS) is 10.9. The quantitative estimate of drug-likeness (QED) is 0.326. The van der Waals surface area contributed by atoms with Gasteiger partial charge in [0.05, 0.1) is 17.2 Å². The maximum atomic E-state index is 12.3. The summed E-state index contributed by atoms with van der Waals surface area (Å²) in [6, 6.07) is 9.17. The molecular formula is C15H16N2O6S. The van der Waals surface area contributed by atoms with Crippen LogP contribution in [0.5, 0.6) is 11.5 Å². The van der Waals surface area contributed by atoms with Crippen molar-refractivity contribution in [2.45, 2.75) is 11.8 Å². The van der Waals surface area contributed by atoms with Crippen LogP contribution in [0.3, 0.4) is 0 Å². The van der Waals surface area contributed by atoms with Crippen molar-refractivity contribution in [2.24, 2.45) is 0 Å². The van der Waals surface area contributed by atoms with Gasteiger partial charge >= 0.3 is 6.16 Å². The van der Waals surface area contributed by atoms with E-state index in [9.17, 15) is 18.3 Å². The minimum absolute atomic E-state index is 0.00366. The van der Waals surface area contributed by atoms with E-state index in [0.717, 1.165) is 0 Å². The number of nitrogen functional groups attached to an aromatic ring is 1. The molecule has 0 aliphatic heterocycles. The molecule has 0 amide bonds. The van der Waals surface area contributed by atoms with Gasteiger partial charge in [-0.15, -0.1) is 0 Å². The molecule has 4 N–H and O–H groups in total. The van der Waals surface area contributed by atoms with Crippen LogP contribution in [0.4, 0.5) is 16.2 Å². The number of benzene rings is 2. The van der Waals surface area contributed by atoms with Gasteiger partial charge in [-0.1, -0.05) is 0 Å². The second kappa shape index (κ2) is 7.09. The van der Waals surface area contributed by atoms with E-state index in [-0.39, 0.29) is 28.7 Å². The first-order valence-electron chi connectivity index (χ1n) is 6.88. The molecule has 0 aliphatic rings. The first-order chi connectivity index (χ1) is 11.3. The summed E-state index contributed by atoms with van der Waals surface area (Å²) in [5.41, 5.74) is 5.79. The molecule has 0 radical (unpaired) electrons. The molecule has 0 saturated heterocycles. The van der Waals surface area contributed by atoms with Gasteiger partial charge in [0.15, 0.2) is 0 Å². The second-order valence-electron chi connectivity index (χ2n) is 4.64. The largest absolute Gasteiger partial charge is 0.513 e. The third kappa shape index (κ3) is 4.29. The number of rotatable bonds is 5. The maximum absolute atomic E-state index is 12.3. The number of carbonyl (C=O) groups excluding carboxylic acids is 1. The van der Waals surface area contributed by atoms with Gasteiger partial charge in [-0.05, 0) is 43.3 Å². The van der Waals surface area contributed by atoms with Crippen LogP contribution in [0.15, 0.2) is 47.4 Å². The molecule has 0 spiro atoms. The zero-order chi connectivity index (χ0) is 17.7. The summed E-state index contributed by atoms with van der Waals surface area (Å²) in [6.07, 6.45) is -0.877. The minimum Gasteiger partial charge on any atom is -0.506 e. The van der Waals surface area contributed by atoms with Crippen molar-refractivity contribution in [1.29, 1.82) is 0 Å². The average Bonchev–Trinajstić information content (AvgIpc) is 2.51. The lowest BCUT2D eigenvalue weighted by Gasteiger charge is -2.10. The van der Waals surface area contributed by atoms with Crippen molar-refractivity contribution in [3.8, 4) is 11.5 Å². The maximum Gasteiger partial charge on any atom is 0.513 e. The summed E-state index contributed by atoms with van der Waals surface area (Å²) < 4.78 is 36.3. The molecule has 0 aliphatic carbocycles. The van der Waals surface area contributed by atoms with Crippen LogP contribution in [0.1, 0.15) is 6.92 Å². The number of hydrogen-bond donors (Lipinski definition) is 3. The predicted octanol–water partition coefficient (Wildman–Crippen LogP) is 2.31. The number of anilines is 2. The Labute approximate surface area is 138 Å². The van der Waals surface area contributed by atoms with E-state index in [0.29, 0.717) is 5.69 Å². The molecule has 0 bridgehead atoms. The molecule has 24 heavy (non-hydrogen) atoms. The Hall–Kier alpha value is -2.94. The Kier molecular flexibility index (Phi) is 5.14. The topological polar surface area (TPSA) is 128 Å². The molecule has 0 atom stereocenters. The van der Waals surface area contributed by atoms with Crippen molar-refractivity contribution < 1.29 is 27.8 Å². The highest BCUT2D eigenvalue weighted by Crippen LogP contribution is 2.28. The fraction of sp³-hybridized carbons (Fsp3) is 0.133. The molecule has 0 saturated carbocycles. The Morgan fingerprint density at radius 1 is 1.21 bits per heavy atom. The van der Waals surface area contributed by atoms with Crippen molar-refractivity contribution in [1.82, 2.24) is 0 Å². The molecular weight excluding hydrogens is 336 g/mol.